The second kappa shape index (κ2) is 9.72. The molecule has 0 radical (unpaired) electrons. The van der Waals surface area contributed by atoms with Crippen molar-refractivity contribution in [3.8, 4) is 0 Å². The Morgan fingerprint density at radius 2 is 1.93 bits per heavy atom. The van der Waals surface area contributed by atoms with Crippen LogP contribution in [0.4, 0.5) is 0 Å². The highest BCUT2D eigenvalue weighted by atomic mass is 32.1. The average molecular weight is 416 g/mol. The molecule has 158 valence electrons. The Bertz CT molecular complexity index is 915. The molecule has 29 heavy (non-hydrogen) atoms. The van der Waals surface area contributed by atoms with E-state index in [0.29, 0.717) is 12.6 Å². The van der Waals surface area contributed by atoms with Gasteiger partial charge in [0.15, 0.2) is 5.11 Å². The van der Waals surface area contributed by atoms with Crippen LogP contribution < -0.4 is 15.8 Å². The minimum atomic E-state index is -0.0230. The van der Waals surface area contributed by atoms with Gasteiger partial charge in [-0.2, -0.15) is 0 Å². The van der Waals surface area contributed by atoms with Gasteiger partial charge in [0.1, 0.15) is 0 Å². The van der Waals surface area contributed by atoms with Gasteiger partial charge < -0.3 is 20.1 Å². The zero-order chi connectivity index (χ0) is 21.0. The second-order valence-corrected chi connectivity index (χ2v) is 9.22. The van der Waals surface area contributed by atoms with E-state index < -0.39 is 0 Å². The number of H-pyrrole nitrogens is 1. The summed E-state index contributed by atoms with van der Waals surface area (Å²) in [6, 6.07) is 6.70. The lowest BCUT2D eigenvalue weighted by atomic mass is 9.96. The predicted molar refractivity (Wildman–Crippen MR) is 125 cm³/mol. The van der Waals surface area contributed by atoms with E-state index in [4.69, 9.17) is 12.2 Å². The molecule has 6 heteroatoms. The molecule has 2 aromatic rings. The van der Waals surface area contributed by atoms with Crippen LogP contribution in [0, 0.1) is 13.8 Å². The molecule has 1 saturated carbocycles. The van der Waals surface area contributed by atoms with E-state index in [2.05, 4.69) is 49.2 Å². The Morgan fingerprint density at radius 1 is 1.21 bits per heavy atom. The summed E-state index contributed by atoms with van der Waals surface area (Å²) in [5.74, 6) is 0. The number of hydrogen-bond acceptors (Lipinski definition) is 2. The summed E-state index contributed by atoms with van der Waals surface area (Å²) in [7, 11) is 4.29. The van der Waals surface area contributed by atoms with Gasteiger partial charge in [0.2, 0.25) is 0 Å². The van der Waals surface area contributed by atoms with Crippen LogP contribution in [0.3, 0.4) is 0 Å². The minimum Gasteiger partial charge on any atom is -0.360 e. The fourth-order valence-electron chi connectivity index (χ4n) is 4.16. The Labute approximate surface area is 179 Å². The quantitative estimate of drug-likeness (QED) is 0.634. The van der Waals surface area contributed by atoms with E-state index in [1.54, 1.807) is 0 Å². The Balaban J connectivity index is 1.83. The molecule has 1 aliphatic carbocycles. The van der Waals surface area contributed by atoms with Crippen molar-refractivity contribution >= 4 is 28.2 Å². The molecule has 0 saturated heterocycles. The summed E-state index contributed by atoms with van der Waals surface area (Å²) in [6.07, 6.45) is 6.23. The number of nitrogens with one attached hydrogen (secondary N) is 3. The largest absolute Gasteiger partial charge is 0.360 e. The van der Waals surface area contributed by atoms with E-state index in [-0.39, 0.29) is 5.56 Å². The molecule has 1 fully saturated rings. The first-order valence-corrected chi connectivity index (χ1v) is 11.2. The smallest absolute Gasteiger partial charge is 0.253 e. The molecule has 1 aromatic heterocycles. The van der Waals surface area contributed by atoms with E-state index in [1.165, 1.54) is 42.6 Å². The molecule has 1 heterocycles. The third-order valence-corrected chi connectivity index (χ3v) is 6.23. The topological polar surface area (TPSA) is 52.6 Å². The molecule has 1 aromatic carbocycles. The molecule has 5 nitrogen and oxygen atoms in total. The van der Waals surface area contributed by atoms with Crippen molar-refractivity contribution in [2.45, 2.75) is 58.5 Å². The fraction of sp³-hybridized carbons (Fsp3) is 0.565. The van der Waals surface area contributed by atoms with Gasteiger partial charge in [-0.15, -0.1) is 0 Å². The minimum absolute atomic E-state index is 0.0230. The van der Waals surface area contributed by atoms with Gasteiger partial charge in [0.25, 0.3) is 5.56 Å². The van der Waals surface area contributed by atoms with Gasteiger partial charge in [-0.3, -0.25) is 4.79 Å². The van der Waals surface area contributed by atoms with Crippen LogP contribution in [0.1, 0.15) is 48.8 Å². The molecule has 0 spiro atoms. The molecule has 1 aliphatic rings. The van der Waals surface area contributed by atoms with E-state index in [9.17, 15) is 4.79 Å². The first kappa shape index (κ1) is 21.8. The van der Waals surface area contributed by atoms with Crippen molar-refractivity contribution in [1.82, 2.24) is 15.2 Å². The van der Waals surface area contributed by atoms with E-state index >= 15 is 0 Å². The summed E-state index contributed by atoms with van der Waals surface area (Å²) in [5.41, 5.74) is 4.00. The van der Waals surface area contributed by atoms with Crippen molar-refractivity contribution < 1.29 is 4.90 Å². The van der Waals surface area contributed by atoms with Crippen LogP contribution in [0.15, 0.2) is 23.0 Å². The molecule has 3 rings (SSSR count). The van der Waals surface area contributed by atoms with Crippen molar-refractivity contribution in [2.75, 3.05) is 27.2 Å². The number of fused-ring (bicyclic) bond motifs is 1. The maximum Gasteiger partial charge on any atom is 0.253 e. The van der Waals surface area contributed by atoms with Gasteiger partial charge in [-0.05, 0) is 62.2 Å². The van der Waals surface area contributed by atoms with Crippen molar-refractivity contribution in [2.24, 2.45) is 0 Å². The van der Waals surface area contributed by atoms with Crippen LogP contribution in [0.5, 0.6) is 0 Å². The lowest BCUT2D eigenvalue weighted by molar-refractivity contribution is -0.857. The number of likely N-dealkylation sites (N-methyl/N-ethyl adjacent to an activating group) is 1. The molecule has 0 atom stereocenters. The van der Waals surface area contributed by atoms with Crippen LogP contribution in [-0.2, 0) is 6.54 Å². The third-order valence-electron chi connectivity index (χ3n) is 5.85. The number of thiocarbonyl (C=S) groups is 1. The predicted octanol–water partition coefficient (Wildman–Crippen LogP) is 2.30. The van der Waals surface area contributed by atoms with Crippen LogP contribution in [-0.4, -0.2) is 48.2 Å². The summed E-state index contributed by atoms with van der Waals surface area (Å²) in [5, 5.41) is 5.46. The first-order valence-electron chi connectivity index (χ1n) is 10.8. The molecular weight excluding hydrogens is 380 g/mol. The molecule has 0 amide bonds. The van der Waals surface area contributed by atoms with Crippen molar-refractivity contribution in [1.29, 1.82) is 0 Å². The number of aromatic amines is 1. The van der Waals surface area contributed by atoms with Gasteiger partial charge in [0, 0.05) is 22.5 Å². The fourth-order valence-corrected chi connectivity index (χ4v) is 4.49. The summed E-state index contributed by atoms with van der Waals surface area (Å²) < 4.78 is 0. The van der Waals surface area contributed by atoms with E-state index in [0.717, 1.165) is 40.2 Å². The number of quaternary nitrogens is 1. The van der Waals surface area contributed by atoms with Crippen LogP contribution in [0.2, 0.25) is 0 Å². The number of benzene rings is 1. The van der Waals surface area contributed by atoms with Gasteiger partial charge >= 0.3 is 0 Å². The summed E-state index contributed by atoms with van der Waals surface area (Å²) >= 11 is 5.78. The second-order valence-electron chi connectivity index (χ2n) is 8.83. The van der Waals surface area contributed by atoms with Crippen molar-refractivity contribution in [3.05, 3.63) is 45.2 Å². The molecule has 0 unspecified atom stereocenters. The van der Waals surface area contributed by atoms with Crippen molar-refractivity contribution in [3.63, 3.8) is 0 Å². The number of pyridine rings is 1. The lowest BCUT2D eigenvalue weighted by Gasteiger charge is -2.31. The number of hydrogen-bond donors (Lipinski definition) is 3. The zero-order valence-corrected chi connectivity index (χ0v) is 19.0. The summed E-state index contributed by atoms with van der Waals surface area (Å²) in [6.45, 7) is 6.48. The van der Waals surface area contributed by atoms with E-state index in [1.807, 2.05) is 12.1 Å². The molecule has 3 N–H and O–H groups in total. The standard InChI is InChI=1S/C23H34N4OS/c1-16-12-17(2)20-14-18(22(28)25-21(20)13-16)15-27(11-10-26(3)4)23(29)24-19-8-6-5-7-9-19/h12-14,19H,5-11,15H2,1-4H3,(H,24,29)(H,25,28)/p+1. The maximum absolute atomic E-state index is 12.8. The van der Waals surface area contributed by atoms with Crippen LogP contribution >= 0.6 is 12.2 Å². The monoisotopic (exact) mass is 415 g/mol. The number of rotatable bonds is 6. The highest BCUT2D eigenvalue weighted by molar-refractivity contribution is 7.80. The highest BCUT2D eigenvalue weighted by Gasteiger charge is 2.19. The average Bonchev–Trinajstić information content (AvgIpc) is 2.66. The number of nitrogens with zero attached hydrogens (tertiary/aromatic N) is 1. The Kier molecular flexibility index (Phi) is 7.30. The van der Waals surface area contributed by atoms with Gasteiger partial charge in [-0.1, -0.05) is 25.3 Å². The number of aromatic nitrogens is 1. The Morgan fingerprint density at radius 3 is 2.62 bits per heavy atom. The Hall–Kier alpha value is -1.92. The molecule has 0 bridgehead atoms. The molecule has 0 aliphatic heterocycles. The lowest BCUT2D eigenvalue weighted by Crippen LogP contribution is -3.06. The van der Waals surface area contributed by atoms with Crippen LogP contribution in [0.25, 0.3) is 10.9 Å². The first-order chi connectivity index (χ1) is 13.8. The third kappa shape index (κ3) is 5.80. The zero-order valence-electron chi connectivity index (χ0n) is 18.2. The van der Waals surface area contributed by atoms with Gasteiger partial charge in [0.05, 0.1) is 33.7 Å². The normalized spacial score (nSPS) is 15.1. The maximum atomic E-state index is 12.8. The number of aryl methyl sites for hydroxylation is 2. The van der Waals surface area contributed by atoms with Gasteiger partial charge in [-0.25, -0.2) is 0 Å². The SMILES string of the molecule is Cc1cc(C)c2cc(CN(CC[NH+](C)C)C(=S)NC3CCCCC3)c(=O)[nH]c2c1. The highest BCUT2D eigenvalue weighted by Crippen LogP contribution is 2.20. The molecular formula is C23H35N4OS+. The summed E-state index contributed by atoms with van der Waals surface area (Å²) in [4.78, 5) is 19.4.